The van der Waals surface area contributed by atoms with Crippen molar-refractivity contribution in [2.75, 3.05) is 7.05 Å². The van der Waals surface area contributed by atoms with Gasteiger partial charge >= 0.3 is 0 Å². The standard InChI is InChI=1S/C20H19BrN6O/c1-13-4-6-14(7-5-13)17-8-9-22-19-15(10-24-27(17)19)20(28)25(2)12-18-16(21)11-23-26(18)3/h4-11H,12H2,1-3H3. The third-order valence-corrected chi connectivity index (χ3v) is 5.39. The molecule has 0 unspecified atom stereocenters. The van der Waals surface area contributed by atoms with Crippen LogP contribution in [0, 0.1) is 6.92 Å². The highest BCUT2D eigenvalue weighted by Crippen LogP contribution is 2.23. The van der Waals surface area contributed by atoms with Crippen LogP contribution in [0.5, 0.6) is 0 Å². The zero-order chi connectivity index (χ0) is 19.8. The molecule has 0 bridgehead atoms. The number of amides is 1. The van der Waals surface area contributed by atoms with Crippen LogP contribution in [0.15, 0.2) is 53.4 Å². The van der Waals surface area contributed by atoms with Crippen molar-refractivity contribution in [1.29, 1.82) is 0 Å². The van der Waals surface area contributed by atoms with E-state index in [4.69, 9.17) is 0 Å². The maximum Gasteiger partial charge on any atom is 0.259 e. The average Bonchev–Trinajstić information content (AvgIpc) is 3.26. The summed E-state index contributed by atoms with van der Waals surface area (Å²) < 4.78 is 4.33. The summed E-state index contributed by atoms with van der Waals surface area (Å²) in [4.78, 5) is 19.1. The Hall–Kier alpha value is -3.00. The molecular weight excluding hydrogens is 420 g/mol. The van der Waals surface area contributed by atoms with Gasteiger partial charge in [-0.25, -0.2) is 9.50 Å². The number of carbonyl (C=O) groups is 1. The smallest absolute Gasteiger partial charge is 0.259 e. The van der Waals surface area contributed by atoms with E-state index in [0.29, 0.717) is 17.8 Å². The van der Waals surface area contributed by atoms with Gasteiger partial charge in [-0.05, 0) is 28.9 Å². The topological polar surface area (TPSA) is 68.3 Å². The minimum absolute atomic E-state index is 0.142. The number of rotatable bonds is 4. The van der Waals surface area contributed by atoms with E-state index < -0.39 is 0 Å². The Morgan fingerprint density at radius 3 is 2.57 bits per heavy atom. The van der Waals surface area contributed by atoms with Gasteiger partial charge in [-0.15, -0.1) is 0 Å². The Kier molecular flexibility index (Phi) is 4.72. The lowest BCUT2D eigenvalue weighted by molar-refractivity contribution is 0.0783. The number of halogens is 1. The van der Waals surface area contributed by atoms with E-state index in [2.05, 4.69) is 43.2 Å². The van der Waals surface area contributed by atoms with Gasteiger partial charge in [-0.2, -0.15) is 10.2 Å². The molecule has 1 amide bonds. The van der Waals surface area contributed by atoms with E-state index in [1.54, 1.807) is 39.7 Å². The number of aromatic nitrogens is 5. The molecular formula is C20H19BrN6O. The molecule has 3 heterocycles. The predicted molar refractivity (Wildman–Crippen MR) is 110 cm³/mol. The molecule has 0 spiro atoms. The Balaban J connectivity index is 1.69. The number of hydrogen-bond donors (Lipinski definition) is 0. The van der Waals surface area contributed by atoms with Crippen molar-refractivity contribution < 1.29 is 4.79 Å². The highest BCUT2D eigenvalue weighted by atomic mass is 79.9. The molecule has 0 aliphatic rings. The molecule has 0 aliphatic heterocycles. The molecule has 4 aromatic rings. The average molecular weight is 439 g/mol. The van der Waals surface area contributed by atoms with Crippen molar-refractivity contribution in [3.05, 3.63) is 70.2 Å². The summed E-state index contributed by atoms with van der Waals surface area (Å²) >= 11 is 3.47. The van der Waals surface area contributed by atoms with Gasteiger partial charge in [0.15, 0.2) is 5.65 Å². The van der Waals surface area contributed by atoms with E-state index in [9.17, 15) is 4.79 Å². The van der Waals surface area contributed by atoms with E-state index in [1.807, 2.05) is 32.2 Å². The van der Waals surface area contributed by atoms with E-state index in [0.717, 1.165) is 21.4 Å². The number of nitrogens with zero attached hydrogens (tertiary/aromatic N) is 6. The molecule has 0 atom stereocenters. The third kappa shape index (κ3) is 3.20. The number of hydrogen-bond acceptors (Lipinski definition) is 4. The lowest BCUT2D eigenvalue weighted by atomic mass is 10.1. The molecule has 0 N–H and O–H groups in total. The summed E-state index contributed by atoms with van der Waals surface area (Å²) in [5.41, 5.74) is 5.02. The van der Waals surface area contributed by atoms with Crippen molar-refractivity contribution in [3.63, 3.8) is 0 Å². The molecule has 4 rings (SSSR count). The Bertz CT molecular complexity index is 1140. The van der Waals surface area contributed by atoms with Crippen LogP contribution in [-0.4, -0.2) is 42.2 Å². The Morgan fingerprint density at radius 1 is 1.14 bits per heavy atom. The first-order valence-corrected chi connectivity index (χ1v) is 9.56. The number of aryl methyl sites for hydroxylation is 2. The SMILES string of the molecule is Cc1ccc(-c2ccnc3c(C(=O)N(C)Cc4c(Br)cnn4C)cnn23)cc1. The minimum atomic E-state index is -0.142. The van der Waals surface area contributed by atoms with E-state index >= 15 is 0 Å². The fourth-order valence-corrected chi connectivity index (χ4v) is 3.57. The second kappa shape index (κ2) is 7.20. The zero-order valence-corrected chi connectivity index (χ0v) is 17.4. The van der Waals surface area contributed by atoms with Crippen LogP contribution in [0.25, 0.3) is 16.9 Å². The minimum Gasteiger partial charge on any atom is -0.336 e. The molecule has 3 aromatic heterocycles. The Morgan fingerprint density at radius 2 is 1.89 bits per heavy atom. The maximum absolute atomic E-state index is 13.0. The van der Waals surface area contributed by atoms with E-state index in [1.165, 1.54) is 5.56 Å². The summed E-state index contributed by atoms with van der Waals surface area (Å²) in [5.74, 6) is -0.142. The van der Waals surface area contributed by atoms with Crippen LogP contribution in [-0.2, 0) is 13.6 Å². The lowest BCUT2D eigenvalue weighted by Crippen LogP contribution is -2.27. The largest absolute Gasteiger partial charge is 0.336 e. The van der Waals surface area contributed by atoms with Gasteiger partial charge in [0.2, 0.25) is 0 Å². The summed E-state index contributed by atoms with van der Waals surface area (Å²) in [6, 6.07) is 10.1. The highest BCUT2D eigenvalue weighted by Gasteiger charge is 2.21. The van der Waals surface area contributed by atoms with Crippen LogP contribution in [0.2, 0.25) is 0 Å². The second-order valence-electron chi connectivity index (χ2n) is 6.71. The molecule has 0 fully saturated rings. The normalized spacial score (nSPS) is 11.1. The molecule has 0 saturated heterocycles. The second-order valence-corrected chi connectivity index (χ2v) is 7.57. The van der Waals surface area contributed by atoms with Crippen molar-refractivity contribution in [2.45, 2.75) is 13.5 Å². The zero-order valence-electron chi connectivity index (χ0n) is 15.8. The number of carbonyl (C=O) groups excluding carboxylic acids is 1. The monoisotopic (exact) mass is 438 g/mol. The molecule has 1 aromatic carbocycles. The first-order chi connectivity index (χ1) is 13.5. The molecule has 142 valence electrons. The molecule has 8 heteroatoms. The summed E-state index contributed by atoms with van der Waals surface area (Å²) in [5, 5.41) is 8.63. The highest BCUT2D eigenvalue weighted by molar-refractivity contribution is 9.10. The summed E-state index contributed by atoms with van der Waals surface area (Å²) in [6.45, 7) is 2.47. The summed E-state index contributed by atoms with van der Waals surface area (Å²) in [6.07, 6.45) is 5.01. The number of fused-ring (bicyclic) bond motifs is 1. The first kappa shape index (κ1) is 18.4. The maximum atomic E-state index is 13.0. The van der Waals surface area contributed by atoms with Crippen molar-refractivity contribution in [2.24, 2.45) is 7.05 Å². The Labute approximate surface area is 170 Å². The van der Waals surface area contributed by atoms with Crippen molar-refractivity contribution >= 4 is 27.5 Å². The molecule has 0 saturated carbocycles. The predicted octanol–water partition coefficient (Wildman–Crippen LogP) is 3.47. The molecule has 0 radical (unpaired) electrons. The van der Waals surface area contributed by atoms with Gasteiger partial charge in [0.05, 0.1) is 34.8 Å². The van der Waals surface area contributed by atoms with Crippen molar-refractivity contribution in [1.82, 2.24) is 29.3 Å². The quantitative estimate of drug-likeness (QED) is 0.489. The molecule has 28 heavy (non-hydrogen) atoms. The van der Waals surface area contributed by atoms with Crippen molar-refractivity contribution in [3.8, 4) is 11.3 Å². The summed E-state index contributed by atoms with van der Waals surface area (Å²) in [7, 11) is 3.61. The van der Waals surface area contributed by atoms with Gasteiger partial charge < -0.3 is 4.90 Å². The first-order valence-electron chi connectivity index (χ1n) is 8.77. The van der Waals surface area contributed by atoms with E-state index in [-0.39, 0.29) is 5.91 Å². The van der Waals surface area contributed by atoms with Gasteiger partial charge in [-0.3, -0.25) is 9.48 Å². The molecule has 0 aliphatic carbocycles. The van der Waals surface area contributed by atoms with Gasteiger partial charge in [0.1, 0.15) is 5.56 Å². The lowest BCUT2D eigenvalue weighted by Gasteiger charge is -2.17. The molecule has 7 nitrogen and oxygen atoms in total. The van der Waals surface area contributed by atoms with Gasteiger partial charge in [-0.1, -0.05) is 29.8 Å². The van der Waals surface area contributed by atoms with Crippen LogP contribution in [0.1, 0.15) is 21.6 Å². The fourth-order valence-electron chi connectivity index (χ4n) is 3.10. The van der Waals surface area contributed by atoms with Crippen LogP contribution < -0.4 is 0 Å². The van der Waals surface area contributed by atoms with Gasteiger partial charge in [0.25, 0.3) is 5.91 Å². The number of benzene rings is 1. The van der Waals surface area contributed by atoms with Crippen LogP contribution >= 0.6 is 15.9 Å². The van der Waals surface area contributed by atoms with Crippen LogP contribution in [0.4, 0.5) is 0 Å². The fraction of sp³-hybridized carbons (Fsp3) is 0.200. The van der Waals surface area contributed by atoms with Gasteiger partial charge in [0, 0.05) is 25.9 Å². The van der Waals surface area contributed by atoms with Crippen LogP contribution in [0.3, 0.4) is 0 Å². The third-order valence-electron chi connectivity index (χ3n) is 4.72.